The van der Waals surface area contributed by atoms with Crippen LogP contribution >= 0.6 is 11.3 Å². The van der Waals surface area contributed by atoms with Gasteiger partial charge in [-0.3, -0.25) is 9.78 Å². The number of aromatic nitrogens is 1. The van der Waals surface area contributed by atoms with Crippen molar-refractivity contribution in [2.75, 3.05) is 11.9 Å². The van der Waals surface area contributed by atoms with Crippen molar-refractivity contribution in [1.82, 2.24) is 9.88 Å². The van der Waals surface area contributed by atoms with Crippen LogP contribution in [-0.4, -0.2) is 28.4 Å². The minimum absolute atomic E-state index is 0.210. The number of carbonyl (C=O) groups excluding carboxylic acids is 2. The predicted molar refractivity (Wildman–Crippen MR) is 122 cm³/mol. The molecule has 0 spiro atoms. The van der Waals surface area contributed by atoms with Crippen molar-refractivity contribution in [3.8, 4) is 6.07 Å². The number of anilines is 1. The molecular formula is C24H20N4O3S. The summed E-state index contributed by atoms with van der Waals surface area (Å²) in [6, 6.07) is 15.3. The lowest BCUT2D eigenvalue weighted by Crippen LogP contribution is -2.35. The fraction of sp³-hybridized carbons (Fsp3) is 0.167. The number of hydrogen-bond acceptors (Lipinski definition) is 6. The topological polar surface area (TPSA) is 95.3 Å². The number of amides is 2. The number of nitrogens with one attached hydrogen (secondary N) is 1. The molecule has 1 N–H and O–H groups in total. The van der Waals surface area contributed by atoms with E-state index in [9.17, 15) is 14.9 Å². The summed E-state index contributed by atoms with van der Waals surface area (Å²) in [6.45, 7) is 1.02. The molecule has 2 aromatic heterocycles. The third-order valence-electron chi connectivity index (χ3n) is 4.98. The molecule has 0 radical (unpaired) electrons. The highest BCUT2D eigenvalue weighted by molar-refractivity contribution is 7.16. The molecule has 32 heavy (non-hydrogen) atoms. The number of rotatable bonds is 5. The average molecular weight is 445 g/mol. The van der Waals surface area contributed by atoms with E-state index in [2.05, 4.69) is 16.4 Å². The van der Waals surface area contributed by atoms with Gasteiger partial charge in [0, 0.05) is 29.9 Å². The summed E-state index contributed by atoms with van der Waals surface area (Å²) in [6.07, 6.45) is 6.52. The molecule has 1 aromatic carbocycles. The molecule has 0 fully saturated rings. The molecule has 7 nitrogen and oxygen atoms in total. The van der Waals surface area contributed by atoms with E-state index in [1.54, 1.807) is 29.4 Å². The van der Waals surface area contributed by atoms with E-state index in [1.807, 2.05) is 36.4 Å². The fourth-order valence-corrected chi connectivity index (χ4v) is 4.59. The number of nitriles is 1. The summed E-state index contributed by atoms with van der Waals surface area (Å²) in [5.41, 5.74) is 3.07. The number of benzene rings is 1. The van der Waals surface area contributed by atoms with Crippen molar-refractivity contribution >= 4 is 34.4 Å². The van der Waals surface area contributed by atoms with Gasteiger partial charge in [-0.25, -0.2) is 4.79 Å². The lowest BCUT2D eigenvalue weighted by atomic mass is 10.0. The molecule has 8 heteroatoms. The Morgan fingerprint density at radius 1 is 1.25 bits per heavy atom. The fourth-order valence-electron chi connectivity index (χ4n) is 3.38. The first-order valence-electron chi connectivity index (χ1n) is 10.0. The molecule has 3 aromatic rings. The Labute approximate surface area is 189 Å². The molecule has 0 bridgehead atoms. The lowest BCUT2D eigenvalue weighted by molar-refractivity contribution is -0.111. The van der Waals surface area contributed by atoms with Crippen molar-refractivity contribution in [3.05, 3.63) is 88.1 Å². The minimum atomic E-state index is -0.392. The smallest absolute Gasteiger partial charge is 0.410 e. The van der Waals surface area contributed by atoms with Gasteiger partial charge in [0.2, 0.25) is 5.91 Å². The van der Waals surface area contributed by atoms with Gasteiger partial charge < -0.3 is 15.0 Å². The molecule has 0 unspecified atom stereocenters. The van der Waals surface area contributed by atoms with E-state index in [4.69, 9.17) is 4.74 Å². The van der Waals surface area contributed by atoms with E-state index in [-0.39, 0.29) is 12.5 Å². The highest BCUT2D eigenvalue weighted by atomic mass is 32.1. The Morgan fingerprint density at radius 3 is 2.84 bits per heavy atom. The van der Waals surface area contributed by atoms with Crippen LogP contribution in [0.5, 0.6) is 0 Å². The summed E-state index contributed by atoms with van der Waals surface area (Å²) in [5, 5.41) is 12.9. The first-order chi connectivity index (χ1) is 15.6. The maximum Gasteiger partial charge on any atom is 0.410 e. The lowest BCUT2D eigenvalue weighted by Gasteiger charge is -2.26. The maximum atomic E-state index is 12.5. The maximum absolute atomic E-state index is 12.5. The zero-order valence-electron chi connectivity index (χ0n) is 17.2. The van der Waals surface area contributed by atoms with Crippen molar-refractivity contribution < 1.29 is 14.3 Å². The molecular weight excluding hydrogens is 424 g/mol. The number of nitrogens with zero attached hydrogens (tertiary/aromatic N) is 3. The summed E-state index contributed by atoms with van der Waals surface area (Å²) < 4.78 is 5.43. The van der Waals surface area contributed by atoms with Gasteiger partial charge in [0.1, 0.15) is 17.7 Å². The zero-order valence-corrected chi connectivity index (χ0v) is 18.0. The minimum Gasteiger partial charge on any atom is -0.445 e. The molecule has 4 rings (SSSR count). The summed E-state index contributed by atoms with van der Waals surface area (Å²) >= 11 is 1.32. The molecule has 3 heterocycles. The van der Waals surface area contributed by atoms with Gasteiger partial charge in [-0.05, 0) is 35.3 Å². The van der Waals surface area contributed by atoms with Crippen molar-refractivity contribution in [2.45, 2.75) is 19.6 Å². The molecule has 0 saturated carbocycles. The molecule has 1 aliphatic rings. The van der Waals surface area contributed by atoms with E-state index >= 15 is 0 Å². The highest BCUT2D eigenvalue weighted by Gasteiger charge is 2.28. The molecule has 0 atom stereocenters. The molecule has 1 aliphatic heterocycles. The number of ether oxygens (including phenoxy) is 1. The van der Waals surface area contributed by atoms with Gasteiger partial charge in [-0.1, -0.05) is 36.4 Å². The summed E-state index contributed by atoms with van der Waals surface area (Å²) in [4.78, 5) is 31.4. The molecule has 0 aliphatic carbocycles. The Bertz CT molecular complexity index is 1180. The second kappa shape index (κ2) is 9.90. The number of carbonyl (C=O) groups is 2. The molecule has 160 valence electrons. The van der Waals surface area contributed by atoms with E-state index < -0.39 is 6.09 Å². The number of hydrogen-bond donors (Lipinski definition) is 1. The Balaban J connectivity index is 1.41. The SMILES string of the molecule is N#Cc1c(NC(=O)C=Cc2cccnc2)sc2c1CCN(C(=O)OCc1ccccc1)C2. The Kier molecular flexibility index (Phi) is 6.58. The number of pyridine rings is 1. The molecule has 2 amide bonds. The van der Waals surface area contributed by atoms with Crippen molar-refractivity contribution in [3.63, 3.8) is 0 Å². The van der Waals surface area contributed by atoms with E-state index in [0.717, 1.165) is 21.6 Å². The quantitative estimate of drug-likeness (QED) is 0.590. The number of fused-ring (bicyclic) bond motifs is 1. The first-order valence-corrected chi connectivity index (χ1v) is 10.8. The van der Waals surface area contributed by atoms with Gasteiger partial charge in [-0.15, -0.1) is 11.3 Å². The van der Waals surface area contributed by atoms with E-state index in [0.29, 0.717) is 30.1 Å². The predicted octanol–water partition coefficient (Wildman–Crippen LogP) is 4.36. The summed E-state index contributed by atoms with van der Waals surface area (Å²) in [5.74, 6) is -0.330. The normalized spacial score (nSPS) is 12.8. The highest BCUT2D eigenvalue weighted by Crippen LogP contribution is 2.36. The average Bonchev–Trinajstić information content (AvgIpc) is 3.18. The second-order valence-corrected chi connectivity index (χ2v) is 8.25. The first kappa shape index (κ1) is 21.3. The van der Waals surface area contributed by atoms with Gasteiger partial charge in [-0.2, -0.15) is 5.26 Å². The van der Waals surface area contributed by atoms with Crippen LogP contribution in [0.25, 0.3) is 6.08 Å². The van der Waals surface area contributed by atoms with Gasteiger partial charge in [0.25, 0.3) is 0 Å². The van der Waals surface area contributed by atoms with E-state index in [1.165, 1.54) is 17.4 Å². The van der Waals surface area contributed by atoms with Crippen LogP contribution in [0.4, 0.5) is 9.80 Å². The summed E-state index contributed by atoms with van der Waals surface area (Å²) in [7, 11) is 0. The Morgan fingerprint density at radius 2 is 2.09 bits per heavy atom. The van der Waals surface area contributed by atoms with Gasteiger partial charge in [0.15, 0.2) is 0 Å². The van der Waals surface area contributed by atoms with Crippen LogP contribution in [0.3, 0.4) is 0 Å². The zero-order chi connectivity index (χ0) is 22.3. The number of thiophene rings is 1. The monoisotopic (exact) mass is 444 g/mol. The van der Waals surface area contributed by atoms with Crippen LogP contribution in [-0.2, 0) is 29.1 Å². The van der Waals surface area contributed by atoms with Crippen LogP contribution in [0, 0.1) is 11.3 Å². The molecule has 0 saturated heterocycles. The van der Waals surface area contributed by atoms with Crippen LogP contribution in [0.15, 0.2) is 60.9 Å². The largest absolute Gasteiger partial charge is 0.445 e. The van der Waals surface area contributed by atoms with Gasteiger partial charge >= 0.3 is 6.09 Å². The van der Waals surface area contributed by atoms with Crippen LogP contribution < -0.4 is 5.32 Å². The van der Waals surface area contributed by atoms with Crippen molar-refractivity contribution in [1.29, 1.82) is 5.26 Å². The second-order valence-electron chi connectivity index (χ2n) is 7.14. The standard InChI is InChI=1S/C24H20N4O3S/c25-13-20-19-10-12-28(24(30)31-16-18-5-2-1-3-6-18)15-21(19)32-23(20)27-22(29)9-8-17-7-4-11-26-14-17/h1-9,11,14H,10,12,15-16H2,(H,27,29). The van der Waals surface area contributed by atoms with Crippen LogP contribution in [0.2, 0.25) is 0 Å². The third kappa shape index (κ3) is 5.02. The van der Waals surface area contributed by atoms with Crippen molar-refractivity contribution in [2.24, 2.45) is 0 Å². The Hall–Kier alpha value is -3.96. The third-order valence-corrected chi connectivity index (χ3v) is 6.11. The van der Waals surface area contributed by atoms with Crippen LogP contribution in [0.1, 0.15) is 27.1 Å². The van der Waals surface area contributed by atoms with Gasteiger partial charge in [0.05, 0.1) is 12.1 Å².